The molecule has 1 aliphatic heterocycles. The van der Waals surface area contributed by atoms with Crippen LogP contribution < -0.4 is 4.74 Å². The summed E-state index contributed by atoms with van der Waals surface area (Å²) < 4.78 is 6.26. The predicted octanol–water partition coefficient (Wildman–Crippen LogP) is 5.12. The molecule has 108 valence electrons. The van der Waals surface area contributed by atoms with Gasteiger partial charge in [-0.05, 0) is 42.0 Å². The lowest BCUT2D eigenvalue weighted by Crippen LogP contribution is -2.25. The monoisotopic (exact) mass is 278 g/mol. The summed E-state index contributed by atoms with van der Waals surface area (Å²) in [6, 6.07) is 19.0. The number of benzene rings is 2. The van der Waals surface area contributed by atoms with Gasteiger partial charge in [-0.2, -0.15) is 0 Å². The first-order chi connectivity index (χ1) is 10.2. The highest BCUT2D eigenvalue weighted by Gasteiger charge is 2.23. The van der Waals surface area contributed by atoms with Crippen molar-refractivity contribution < 1.29 is 4.74 Å². The van der Waals surface area contributed by atoms with Gasteiger partial charge in [0.2, 0.25) is 0 Å². The zero-order valence-electron chi connectivity index (χ0n) is 12.8. The molecule has 1 atom stereocenters. The van der Waals surface area contributed by atoms with Crippen LogP contribution >= 0.6 is 0 Å². The molecule has 2 aromatic rings. The van der Waals surface area contributed by atoms with Gasteiger partial charge in [-0.1, -0.05) is 62.4 Å². The van der Waals surface area contributed by atoms with Crippen LogP contribution in [0.4, 0.5) is 0 Å². The molecule has 2 aromatic carbocycles. The van der Waals surface area contributed by atoms with E-state index in [1.54, 1.807) is 0 Å². The minimum Gasteiger partial charge on any atom is -0.485 e. The van der Waals surface area contributed by atoms with Crippen molar-refractivity contribution in [2.24, 2.45) is 5.92 Å². The Labute approximate surface area is 127 Å². The summed E-state index contributed by atoms with van der Waals surface area (Å²) in [7, 11) is 0. The first kappa shape index (κ1) is 13.9. The van der Waals surface area contributed by atoms with E-state index in [0.29, 0.717) is 5.92 Å². The molecule has 3 rings (SSSR count). The van der Waals surface area contributed by atoms with Gasteiger partial charge in [0, 0.05) is 5.56 Å². The Morgan fingerprint density at radius 3 is 2.43 bits per heavy atom. The van der Waals surface area contributed by atoms with Crippen LogP contribution in [-0.2, 0) is 6.42 Å². The van der Waals surface area contributed by atoms with Crippen LogP contribution in [0.15, 0.2) is 60.2 Å². The molecule has 1 heterocycles. The van der Waals surface area contributed by atoms with E-state index in [0.717, 1.165) is 18.6 Å². The Bertz CT molecular complexity index is 625. The smallest absolute Gasteiger partial charge is 0.127 e. The molecule has 1 aliphatic rings. The molecule has 1 nitrogen and oxygen atoms in total. The zero-order chi connectivity index (χ0) is 14.7. The van der Waals surface area contributed by atoms with Gasteiger partial charge in [-0.25, -0.2) is 0 Å². The van der Waals surface area contributed by atoms with Crippen molar-refractivity contribution in [2.45, 2.75) is 32.8 Å². The fraction of sp³-hybridized carbons (Fsp3) is 0.300. The molecule has 0 amide bonds. The zero-order valence-corrected chi connectivity index (χ0v) is 12.8. The molecule has 0 aromatic heterocycles. The second-order valence-electron chi connectivity index (χ2n) is 6.16. The Balaban J connectivity index is 1.91. The molecule has 21 heavy (non-hydrogen) atoms. The first-order valence-corrected chi connectivity index (χ1v) is 7.72. The molecule has 1 heteroatoms. The summed E-state index contributed by atoms with van der Waals surface area (Å²) in [5.74, 6) is 1.64. The second-order valence-corrected chi connectivity index (χ2v) is 6.16. The van der Waals surface area contributed by atoms with E-state index in [4.69, 9.17) is 4.74 Å². The molecule has 1 unspecified atom stereocenters. The molecular formula is C20H22O. The molecule has 0 N–H and O–H groups in total. The van der Waals surface area contributed by atoms with E-state index >= 15 is 0 Å². The standard InChI is InChI=1S/C20H22O/c1-15(2)12-20-18(13-16-8-4-3-5-9-16)14-17-10-6-7-11-19(17)21-20/h3-11,14-15,20H,12-13H2,1-2H3. The Morgan fingerprint density at radius 2 is 1.67 bits per heavy atom. The van der Waals surface area contributed by atoms with Crippen molar-refractivity contribution in [1.82, 2.24) is 0 Å². The Hall–Kier alpha value is -2.02. The van der Waals surface area contributed by atoms with E-state index in [9.17, 15) is 0 Å². The first-order valence-electron chi connectivity index (χ1n) is 7.72. The summed E-state index contributed by atoms with van der Waals surface area (Å²) in [5.41, 5.74) is 3.93. The van der Waals surface area contributed by atoms with Gasteiger partial charge in [0.25, 0.3) is 0 Å². The fourth-order valence-corrected chi connectivity index (χ4v) is 2.85. The molecule has 0 radical (unpaired) electrons. The number of para-hydroxylation sites is 1. The topological polar surface area (TPSA) is 9.23 Å². The summed E-state index contributed by atoms with van der Waals surface area (Å²) in [4.78, 5) is 0. The maximum absolute atomic E-state index is 6.26. The average molecular weight is 278 g/mol. The number of fused-ring (bicyclic) bond motifs is 1. The predicted molar refractivity (Wildman–Crippen MR) is 88.4 cm³/mol. The average Bonchev–Trinajstić information content (AvgIpc) is 2.48. The molecular weight excluding hydrogens is 256 g/mol. The van der Waals surface area contributed by atoms with Gasteiger partial charge < -0.3 is 4.74 Å². The Kier molecular flexibility index (Phi) is 4.10. The van der Waals surface area contributed by atoms with Crippen LogP contribution in [0.3, 0.4) is 0 Å². The highest BCUT2D eigenvalue weighted by Crippen LogP contribution is 2.33. The normalized spacial score (nSPS) is 17.1. The van der Waals surface area contributed by atoms with Gasteiger partial charge in [0.15, 0.2) is 0 Å². The molecule has 0 saturated carbocycles. The minimum atomic E-state index is 0.195. The van der Waals surface area contributed by atoms with Crippen molar-refractivity contribution in [3.63, 3.8) is 0 Å². The van der Waals surface area contributed by atoms with Gasteiger partial charge in [0.05, 0.1) is 0 Å². The number of rotatable bonds is 4. The summed E-state index contributed by atoms with van der Waals surface area (Å²) in [5, 5.41) is 0. The highest BCUT2D eigenvalue weighted by molar-refractivity contribution is 5.63. The van der Waals surface area contributed by atoms with Gasteiger partial charge in [-0.15, -0.1) is 0 Å². The van der Waals surface area contributed by atoms with Crippen LogP contribution in [0.1, 0.15) is 31.4 Å². The SMILES string of the molecule is CC(C)CC1Oc2ccccc2C=C1Cc1ccccc1. The molecule has 0 saturated heterocycles. The maximum Gasteiger partial charge on any atom is 0.127 e. The van der Waals surface area contributed by atoms with Crippen LogP contribution in [-0.4, -0.2) is 6.10 Å². The molecule has 0 fully saturated rings. The molecule has 0 aliphatic carbocycles. The Morgan fingerprint density at radius 1 is 0.952 bits per heavy atom. The lowest BCUT2D eigenvalue weighted by atomic mass is 9.91. The minimum absolute atomic E-state index is 0.195. The lowest BCUT2D eigenvalue weighted by molar-refractivity contribution is 0.202. The quantitative estimate of drug-likeness (QED) is 0.754. The van der Waals surface area contributed by atoms with Crippen molar-refractivity contribution >= 4 is 6.08 Å². The number of hydrogen-bond acceptors (Lipinski definition) is 1. The largest absolute Gasteiger partial charge is 0.485 e. The van der Waals surface area contributed by atoms with Crippen LogP contribution in [0.5, 0.6) is 5.75 Å². The van der Waals surface area contributed by atoms with Gasteiger partial charge in [-0.3, -0.25) is 0 Å². The maximum atomic E-state index is 6.26. The second kappa shape index (κ2) is 6.17. The van der Waals surface area contributed by atoms with Crippen LogP contribution in [0, 0.1) is 5.92 Å². The van der Waals surface area contributed by atoms with Crippen molar-refractivity contribution in [1.29, 1.82) is 0 Å². The van der Waals surface area contributed by atoms with E-state index in [2.05, 4.69) is 68.5 Å². The van der Waals surface area contributed by atoms with Crippen molar-refractivity contribution in [2.75, 3.05) is 0 Å². The summed E-state index contributed by atoms with van der Waals surface area (Å²) >= 11 is 0. The van der Waals surface area contributed by atoms with E-state index in [1.165, 1.54) is 16.7 Å². The molecule has 0 spiro atoms. The summed E-state index contributed by atoms with van der Waals surface area (Å²) in [6.07, 6.45) is 4.54. The third-order valence-corrected chi connectivity index (χ3v) is 3.88. The van der Waals surface area contributed by atoms with Crippen molar-refractivity contribution in [3.8, 4) is 5.75 Å². The number of ether oxygens (including phenoxy) is 1. The highest BCUT2D eigenvalue weighted by atomic mass is 16.5. The van der Waals surface area contributed by atoms with E-state index < -0.39 is 0 Å². The third kappa shape index (κ3) is 3.36. The summed E-state index contributed by atoms with van der Waals surface area (Å²) in [6.45, 7) is 4.51. The van der Waals surface area contributed by atoms with Gasteiger partial charge in [0.1, 0.15) is 11.9 Å². The fourth-order valence-electron chi connectivity index (χ4n) is 2.85. The lowest BCUT2D eigenvalue weighted by Gasteiger charge is -2.29. The van der Waals surface area contributed by atoms with Gasteiger partial charge >= 0.3 is 0 Å². The van der Waals surface area contributed by atoms with E-state index in [-0.39, 0.29) is 6.10 Å². The van der Waals surface area contributed by atoms with Crippen LogP contribution in [0.2, 0.25) is 0 Å². The number of hydrogen-bond donors (Lipinski definition) is 0. The third-order valence-electron chi connectivity index (χ3n) is 3.88. The molecule has 0 bridgehead atoms. The van der Waals surface area contributed by atoms with Crippen molar-refractivity contribution in [3.05, 3.63) is 71.3 Å². The van der Waals surface area contributed by atoms with Crippen LogP contribution in [0.25, 0.3) is 6.08 Å². The van der Waals surface area contributed by atoms with E-state index in [1.807, 2.05) is 6.07 Å².